The van der Waals surface area contributed by atoms with Crippen LogP contribution in [0.4, 0.5) is 0 Å². The third kappa shape index (κ3) is 2.18. The molecule has 0 fully saturated rings. The van der Waals surface area contributed by atoms with Crippen LogP contribution in [0.1, 0.15) is 11.5 Å². The van der Waals surface area contributed by atoms with Gasteiger partial charge in [0, 0.05) is 12.0 Å². The van der Waals surface area contributed by atoms with Crippen molar-refractivity contribution in [1.82, 2.24) is 0 Å². The van der Waals surface area contributed by atoms with E-state index in [1.807, 2.05) is 6.07 Å². The van der Waals surface area contributed by atoms with Crippen molar-refractivity contribution in [2.24, 2.45) is 5.73 Å². The van der Waals surface area contributed by atoms with Gasteiger partial charge in [0.2, 0.25) is 6.79 Å². The average Bonchev–Trinajstić information content (AvgIpc) is 2.81. The van der Waals surface area contributed by atoms with E-state index >= 15 is 0 Å². The normalized spacial score (nSPS) is 32.6. The maximum atomic E-state index is 9.93. The Kier molecular flexibility index (Phi) is 3.33. The van der Waals surface area contributed by atoms with E-state index in [1.165, 1.54) is 0 Å². The highest BCUT2D eigenvalue weighted by Gasteiger charge is 2.35. The van der Waals surface area contributed by atoms with Gasteiger partial charge in [-0.25, -0.2) is 0 Å². The number of ether oxygens (including phenoxy) is 2. The van der Waals surface area contributed by atoms with E-state index < -0.39 is 6.10 Å². The predicted molar refractivity (Wildman–Crippen MR) is 76.5 cm³/mol. The first-order valence-corrected chi connectivity index (χ1v) is 6.94. The minimum atomic E-state index is -0.588. The summed E-state index contributed by atoms with van der Waals surface area (Å²) in [5, 5.41) is 9.93. The van der Waals surface area contributed by atoms with Gasteiger partial charge in [-0.2, -0.15) is 0 Å². The smallest absolute Gasteiger partial charge is 0.231 e. The Hall–Kier alpha value is -0.975. The highest BCUT2D eigenvalue weighted by atomic mass is 79.9. The lowest BCUT2D eigenvalue weighted by Gasteiger charge is -2.34. The van der Waals surface area contributed by atoms with Gasteiger partial charge in [-0.05, 0) is 17.7 Å². The van der Waals surface area contributed by atoms with Crippen LogP contribution >= 0.6 is 15.9 Å². The van der Waals surface area contributed by atoms with Gasteiger partial charge in [-0.3, -0.25) is 0 Å². The molecule has 0 bridgehead atoms. The summed E-state index contributed by atoms with van der Waals surface area (Å²) < 4.78 is 10.7. The van der Waals surface area contributed by atoms with E-state index in [9.17, 15) is 5.11 Å². The molecule has 19 heavy (non-hydrogen) atoms. The quantitative estimate of drug-likeness (QED) is 0.444. The van der Waals surface area contributed by atoms with Gasteiger partial charge in [0.15, 0.2) is 11.5 Å². The lowest BCUT2D eigenvalue weighted by Crippen LogP contribution is -2.42. The van der Waals surface area contributed by atoms with Gasteiger partial charge in [-0.15, -0.1) is 0 Å². The zero-order chi connectivity index (χ0) is 13.6. The van der Waals surface area contributed by atoms with E-state index in [0.717, 1.165) is 5.56 Å². The molecule has 2 aliphatic rings. The van der Waals surface area contributed by atoms with Gasteiger partial charge < -0.3 is 20.3 Å². The monoisotopic (exact) mass is 321 g/mol. The highest BCUT2D eigenvalue weighted by Crippen LogP contribution is 2.38. The molecule has 1 aromatic rings. The molecular formula is C13H13BBrNO3. The maximum Gasteiger partial charge on any atom is 0.231 e. The summed E-state index contributed by atoms with van der Waals surface area (Å²) in [5.41, 5.74) is 7.58. The van der Waals surface area contributed by atoms with E-state index in [1.54, 1.807) is 18.2 Å². The molecule has 2 radical (unpaired) electrons. The third-order valence-corrected chi connectivity index (χ3v) is 4.66. The first kappa shape index (κ1) is 13.0. The molecule has 1 aliphatic carbocycles. The van der Waals surface area contributed by atoms with Crippen LogP contribution in [-0.2, 0) is 0 Å². The fourth-order valence-electron chi connectivity index (χ4n) is 2.53. The Bertz CT molecular complexity index is 537. The molecule has 4 nitrogen and oxygen atoms in total. The van der Waals surface area contributed by atoms with Gasteiger partial charge in [0.1, 0.15) is 7.85 Å². The molecule has 0 saturated carbocycles. The number of hydrogen-bond acceptors (Lipinski definition) is 4. The molecule has 0 spiro atoms. The van der Waals surface area contributed by atoms with Crippen LogP contribution < -0.4 is 20.7 Å². The number of nitrogens with two attached hydrogens (primary N) is 1. The molecular weight excluding hydrogens is 309 g/mol. The summed E-state index contributed by atoms with van der Waals surface area (Å²) in [6, 6.07) is 3.38. The Morgan fingerprint density at radius 2 is 1.95 bits per heavy atom. The van der Waals surface area contributed by atoms with Gasteiger partial charge in [-0.1, -0.05) is 33.5 Å². The van der Waals surface area contributed by atoms with E-state index in [-0.39, 0.29) is 23.6 Å². The van der Waals surface area contributed by atoms with Crippen molar-refractivity contribution < 1.29 is 14.6 Å². The summed E-state index contributed by atoms with van der Waals surface area (Å²) in [6.45, 7) is 0.204. The Balaban J connectivity index is 2.04. The van der Waals surface area contributed by atoms with Crippen LogP contribution in [0.15, 0.2) is 24.3 Å². The van der Waals surface area contributed by atoms with Crippen LogP contribution in [-0.4, -0.2) is 36.7 Å². The minimum Gasteiger partial charge on any atom is -0.454 e. The van der Waals surface area contributed by atoms with Crippen LogP contribution in [0.3, 0.4) is 0 Å². The molecule has 3 rings (SSSR count). The second kappa shape index (κ2) is 4.85. The summed E-state index contributed by atoms with van der Waals surface area (Å²) in [6.07, 6.45) is 2.91. The zero-order valence-electron chi connectivity index (χ0n) is 10.1. The SMILES string of the molecule is [B]c1cc2c(cc1[C@H]1[C@@H](Br)[C@H](O)C=C[C@@H]1N)OCO2. The Labute approximate surface area is 121 Å². The van der Waals surface area contributed by atoms with Crippen molar-refractivity contribution in [2.45, 2.75) is 22.9 Å². The maximum absolute atomic E-state index is 9.93. The molecule has 1 aliphatic heterocycles. The first-order valence-electron chi connectivity index (χ1n) is 6.03. The fourth-order valence-corrected chi connectivity index (χ4v) is 3.35. The number of hydrogen-bond donors (Lipinski definition) is 2. The van der Waals surface area contributed by atoms with Crippen molar-refractivity contribution in [3.63, 3.8) is 0 Å². The van der Waals surface area contributed by atoms with Crippen LogP contribution in [0, 0.1) is 0 Å². The molecule has 3 N–H and O–H groups in total. The van der Waals surface area contributed by atoms with Crippen molar-refractivity contribution in [3.8, 4) is 11.5 Å². The third-order valence-electron chi connectivity index (χ3n) is 3.55. The lowest BCUT2D eigenvalue weighted by atomic mass is 9.76. The highest BCUT2D eigenvalue weighted by molar-refractivity contribution is 9.09. The standard InChI is InChI=1S/C13H13BBrNO3/c14-7-4-11-10(18-5-19-11)3-6(7)12-8(16)1-2-9(17)13(12)15/h1-4,8-9,12-13,17H,5,16H2/t8-,9+,12+,13-/m0/s1. The molecule has 1 heterocycles. The van der Waals surface area contributed by atoms with Gasteiger partial charge in [0.05, 0.1) is 10.9 Å². The average molecular weight is 322 g/mol. The van der Waals surface area contributed by atoms with Crippen molar-refractivity contribution in [1.29, 1.82) is 0 Å². The zero-order valence-corrected chi connectivity index (χ0v) is 11.7. The number of fused-ring (bicyclic) bond motifs is 1. The number of halogens is 1. The van der Waals surface area contributed by atoms with Crippen LogP contribution in [0.2, 0.25) is 0 Å². The van der Waals surface area contributed by atoms with Crippen molar-refractivity contribution in [3.05, 3.63) is 29.8 Å². The molecule has 98 valence electrons. The predicted octanol–water partition coefficient (Wildman–Crippen LogP) is 0.314. The first-order chi connectivity index (χ1) is 9.08. The number of rotatable bonds is 1. The molecule has 0 saturated heterocycles. The minimum absolute atomic E-state index is 0.116. The van der Waals surface area contributed by atoms with Crippen molar-refractivity contribution in [2.75, 3.05) is 6.79 Å². The second-order valence-corrected chi connectivity index (χ2v) is 5.81. The van der Waals surface area contributed by atoms with E-state index in [2.05, 4.69) is 15.9 Å². The number of alkyl halides is 1. The fraction of sp³-hybridized carbons (Fsp3) is 0.385. The summed E-state index contributed by atoms with van der Waals surface area (Å²) in [4.78, 5) is -0.185. The number of aliphatic hydroxyl groups is 1. The van der Waals surface area contributed by atoms with Crippen LogP contribution in [0.25, 0.3) is 0 Å². The summed E-state index contributed by atoms with van der Waals surface area (Å²) >= 11 is 3.50. The molecule has 1 aromatic carbocycles. The number of benzene rings is 1. The van der Waals surface area contributed by atoms with E-state index in [0.29, 0.717) is 17.0 Å². The molecule has 0 aromatic heterocycles. The molecule has 0 unspecified atom stereocenters. The second-order valence-electron chi connectivity index (χ2n) is 4.76. The van der Waals surface area contributed by atoms with Gasteiger partial charge in [0.25, 0.3) is 0 Å². The van der Waals surface area contributed by atoms with Crippen molar-refractivity contribution >= 4 is 29.2 Å². The van der Waals surface area contributed by atoms with Crippen LogP contribution in [0.5, 0.6) is 11.5 Å². The Morgan fingerprint density at radius 1 is 1.26 bits per heavy atom. The molecule has 4 atom stereocenters. The molecule has 6 heteroatoms. The topological polar surface area (TPSA) is 64.7 Å². The largest absolute Gasteiger partial charge is 0.454 e. The Morgan fingerprint density at radius 3 is 2.68 bits per heavy atom. The number of aliphatic hydroxyl groups excluding tert-OH is 1. The van der Waals surface area contributed by atoms with E-state index in [4.69, 9.17) is 23.1 Å². The summed E-state index contributed by atoms with van der Waals surface area (Å²) in [5.74, 6) is 1.20. The lowest BCUT2D eigenvalue weighted by molar-refractivity contribution is 0.174. The van der Waals surface area contributed by atoms with Gasteiger partial charge >= 0.3 is 0 Å². The summed E-state index contributed by atoms with van der Waals surface area (Å²) in [7, 11) is 6.08. The molecule has 0 amide bonds.